The van der Waals surface area contributed by atoms with Crippen molar-refractivity contribution in [1.29, 1.82) is 0 Å². The highest BCUT2D eigenvalue weighted by molar-refractivity contribution is 5.82. The van der Waals surface area contributed by atoms with Gasteiger partial charge in [-0.2, -0.15) is 0 Å². The van der Waals surface area contributed by atoms with Gasteiger partial charge in [0.2, 0.25) is 5.91 Å². The van der Waals surface area contributed by atoms with Crippen LogP contribution in [0.4, 0.5) is 4.39 Å². The minimum Gasteiger partial charge on any atom is -0.375 e. The summed E-state index contributed by atoms with van der Waals surface area (Å²) in [5, 5.41) is 0.987. The van der Waals surface area contributed by atoms with Crippen molar-refractivity contribution in [2.75, 3.05) is 13.7 Å². The summed E-state index contributed by atoms with van der Waals surface area (Å²) >= 11 is 0. The van der Waals surface area contributed by atoms with Crippen LogP contribution in [0.3, 0.4) is 0 Å². The normalized spacial score (nSPS) is 18.1. The third-order valence-electron chi connectivity index (χ3n) is 5.43. The molecule has 1 aliphatic rings. The first-order valence-electron chi connectivity index (χ1n) is 9.35. The van der Waals surface area contributed by atoms with Crippen LogP contribution in [0, 0.1) is 5.82 Å². The Morgan fingerprint density at radius 3 is 2.82 bits per heavy atom. The number of pyridine rings is 1. The summed E-state index contributed by atoms with van der Waals surface area (Å²) in [5.41, 5.74) is 2.65. The first kappa shape index (κ1) is 18.6. The van der Waals surface area contributed by atoms with Crippen LogP contribution in [0.2, 0.25) is 0 Å². The molecule has 1 amide bonds. The average Bonchev–Trinajstić information content (AvgIpc) is 2.67. The number of para-hydroxylation sites is 1. The molecular formula is C23H23FN2O2. The summed E-state index contributed by atoms with van der Waals surface area (Å²) in [6, 6.07) is 14.5. The quantitative estimate of drug-likeness (QED) is 0.683. The van der Waals surface area contributed by atoms with E-state index >= 15 is 0 Å². The molecule has 1 unspecified atom stereocenters. The number of hydrogen-bond donors (Lipinski definition) is 0. The van der Waals surface area contributed by atoms with E-state index in [-0.39, 0.29) is 18.3 Å². The molecule has 0 aliphatic carbocycles. The summed E-state index contributed by atoms with van der Waals surface area (Å²) in [4.78, 5) is 19.4. The predicted octanol–water partition coefficient (Wildman–Crippen LogP) is 4.27. The van der Waals surface area contributed by atoms with E-state index in [1.165, 1.54) is 13.2 Å². The first-order valence-corrected chi connectivity index (χ1v) is 9.35. The molecule has 0 spiro atoms. The number of fused-ring (bicyclic) bond motifs is 2. The molecule has 0 bridgehead atoms. The van der Waals surface area contributed by atoms with E-state index in [1.54, 1.807) is 12.3 Å². The largest absolute Gasteiger partial charge is 0.375 e. The van der Waals surface area contributed by atoms with Crippen molar-refractivity contribution >= 4 is 16.8 Å². The number of nitrogens with zero attached hydrogens (tertiary/aromatic N) is 2. The molecule has 0 saturated carbocycles. The predicted molar refractivity (Wildman–Crippen MR) is 106 cm³/mol. The molecular weight excluding hydrogens is 355 g/mol. The summed E-state index contributed by atoms with van der Waals surface area (Å²) in [5.74, 6) is -0.358. The molecule has 2 heterocycles. The molecule has 0 fully saturated rings. The van der Waals surface area contributed by atoms with Crippen LogP contribution < -0.4 is 0 Å². The molecule has 2 aromatic carbocycles. The van der Waals surface area contributed by atoms with Gasteiger partial charge < -0.3 is 9.64 Å². The molecule has 4 nitrogen and oxygen atoms in total. The fourth-order valence-corrected chi connectivity index (χ4v) is 4.27. The standard InChI is InChI=1S/C23H23FN2O2/c1-23(2)12-18-17(8-6-9-19(18)24)22(26(23)21(27)14-28-3)16-11-15-7-4-5-10-20(15)25-13-16/h4-11,13,22H,12,14H2,1-3H3. The Hall–Kier alpha value is -2.79. The van der Waals surface area contributed by atoms with Crippen molar-refractivity contribution in [3.8, 4) is 0 Å². The number of carbonyl (C=O) groups is 1. The van der Waals surface area contributed by atoms with Crippen molar-refractivity contribution in [2.45, 2.75) is 31.8 Å². The van der Waals surface area contributed by atoms with Crippen LogP contribution in [0.15, 0.2) is 54.7 Å². The van der Waals surface area contributed by atoms with Crippen molar-refractivity contribution < 1.29 is 13.9 Å². The summed E-state index contributed by atoms with van der Waals surface area (Å²) in [7, 11) is 1.51. The average molecular weight is 378 g/mol. The van der Waals surface area contributed by atoms with Crippen molar-refractivity contribution in [3.63, 3.8) is 0 Å². The van der Waals surface area contributed by atoms with E-state index < -0.39 is 11.6 Å². The van der Waals surface area contributed by atoms with Crippen LogP contribution in [0.5, 0.6) is 0 Å². The highest BCUT2D eigenvalue weighted by Crippen LogP contribution is 2.43. The lowest BCUT2D eigenvalue weighted by atomic mass is 9.79. The smallest absolute Gasteiger partial charge is 0.249 e. The summed E-state index contributed by atoms with van der Waals surface area (Å²) < 4.78 is 19.8. The lowest BCUT2D eigenvalue weighted by Crippen LogP contribution is -2.55. The number of halogens is 1. The Balaban J connectivity index is 1.95. The number of ether oxygens (including phenoxy) is 1. The lowest BCUT2D eigenvalue weighted by molar-refractivity contribution is -0.144. The van der Waals surface area contributed by atoms with Crippen molar-refractivity contribution in [2.24, 2.45) is 0 Å². The first-order chi connectivity index (χ1) is 13.4. The third-order valence-corrected chi connectivity index (χ3v) is 5.43. The van der Waals surface area contributed by atoms with E-state index in [4.69, 9.17) is 4.74 Å². The second-order valence-corrected chi connectivity index (χ2v) is 7.86. The van der Waals surface area contributed by atoms with Gasteiger partial charge in [0.1, 0.15) is 12.4 Å². The van der Waals surface area contributed by atoms with Gasteiger partial charge in [-0.05, 0) is 55.2 Å². The van der Waals surface area contributed by atoms with Gasteiger partial charge in [0, 0.05) is 24.2 Å². The minimum atomic E-state index is -0.568. The monoisotopic (exact) mass is 378 g/mol. The fraction of sp³-hybridized carbons (Fsp3) is 0.304. The molecule has 0 N–H and O–H groups in total. The Morgan fingerprint density at radius 1 is 1.25 bits per heavy atom. The fourth-order valence-electron chi connectivity index (χ4n) is 4.27. The van der Waals surface area contributed by atoms with E-state index in [1.807, 2.05) is 55.1 Å². The molecule has 144 valence electrons. The van der Waals surface area contributed by atoms with Gasteiger partial charge in [-0.25, -0.2) is 4.39 Å². The van der Waals surface area contributed by atoms with E-state index in [2.05, 4.69) is 4.98 Å². The molecule has 5 heteroatoms. The zero-order valence-corrected chi connectivity index (χ0v) is 16.3. The maximum Gasteiger partial charge on any atom is 0.249 e. The van der Waals surface area contributed by atoms with Crippen LogP contribution in [0.1, 0.15) is 36.6 Å². The number of benzene rings is 2. The Kier molecular flexibility index (Phi) is 4.63. The van der Waals surface area contributed by atoms with Crippen LogP contribution in [-0.2, 0) is 16.0 Å². The Morgan fingerprint density at radius 2 is 2.04 bits per heavy atom. The zero-order valence-electron chi connectivity index (χ0n) is 16.3. The maximum absolute atomic E-state index is 14.7. The van der Waals surface area contributed by atoms with Gasteiger partial charge in [0.25, 0.3) is 0 Å². The van der Waals surface area contributed by atoms with E-state index in [9.17, 15) is 9.18 Å². The Labute approximate surface area is 164 Å². The third kappa shape index (κ3) is 3.06. The molecule has 3 aromatic rings. The minimum absolute atomic E-state index is 0.0222. The van der Waals surface area contributed by atoms with Gasteiger partial charge in [0.15, 0.2) is 0 Å². The Bertz CT molecular complexity index is 1050. The molecule has 28 heavy (non-hydrogen) atoms. The topological polar surface area (TPSA) is 42.4 Å². The second kappa shape index (κ2) is 6.99. The number of hydrogen-bond acceptors (Lipinski definition) is 3. The molecule has 1 aromatic heterocycles. The highest BCUT2D eigenvalue weighted by atomic mass is 19.1. The summed E-state index contributed by atoms with van der Waals surface area (Å²) in [6.45, 7) is 3.92. The van der Waals surface area contributed by atoms with Gasteiger partial charge in [-0.3, -0.25) is 9.78 Å². The van der Waals surface area contributed by atoms with Gasteiger partial charge in [0.05, 0.1) is 11.6 Å². The second-order valence-electron chi connectivity index (χ2n) is 7.86. The molecule has 1 aliphatic heterocycles. The van der Waals surface area contributed by atoms with Gasteiger partial charge in [-0.1, -0.05) is 30.3 Å². The molecule has 0 saturated heterocycles. The highest BCUT2D eigenvalue weighted by Gasteiger charge is 2.44. The van der Waals surface area contributed by atoms with E-state index in [0.29, 0.717) is 12.0 Å². The molecule has 1 atom stereocenters. The van der Waals surface area contributed by atoms with Crippen LogP contribution in [0.25, 0.3) is 10.9 Å². The number of aromatic nitrogens is 1. The van der Waals surface area contributed by atoms with Crippen molar-refractivity contribution in [3.05, 3.63) is 77.2 Å². The van der Waals surface area contributed by atoms with Gasteiger partial charge >= 0.3 is 0 Å². The van der Waals surface area contributed by atoms with Crippen LogP contribution in [-0.4, -0.2) is 35.0 Å². The number of amides is 1. The summed E-state index contributed by atoms with van der Waals surface area (Å²) in [6.07, 6.45) is 2.23. The molecule has 0 radical (unpaired) electrons. The lowest BCUT2D eigenvalue weighted by Gasteiger charge is -2.48. The SMILES string of the molecule is COCC(=O)N1C(c2cnc3ccccc3c2)c2cccc(F)c2CC1(C)C. The molecule has 4 rings (SSSR count). The number of rotatable bonds is 3. The zero-order chi connectivity index (χ0) is 19.9. The van der Waals surface area contributed by atoms with Crippen molar-refractivity contribution in [1.82, 2.24) is 9.88 Å². The number of methoxy groups -OCH3 is 1. The van der Waals surface area contributed by atoms with Gasteiger partial charge in [-0.15, -0.1) is 0 Å². The van der Waals surface area contributed by atoms with E-state index in [0.717, 1.165) is 22.0 Å². The number of carbonyl (C=O) groups excluding carboxylic acids is 1. The maximum atomic E-state index is 14.7. The van der Waals surface area contributed by atoms with Crippen LogP contribution >= 0.6 is 0 Å².